The first-order valence-electron chi connectivity index (χ1n) is 28.6. The molecule has 0 saturated carbocycles. The molecule has 0 atom stereocenters. The molecular weight excluding hydrogens is 1200 g/mol. The molecule has 79 heavy (non-hydrogen) atoms. The maximum absolute atomic E-state index is 11.1. The molecule has 432 valence electrons. The number of nitrogens with zero attached hydrogens (tertiary/aromatic N) is 4. The van der Waals surface area contributed by atoms with Crippen LogP contribution in [0, 0.1) is 0 Å². The Kier molecular flexibility index (Phi) is 21.6. The number of nitrogens with one attached hydrogen (secondary N) is 1. The Hall–Kier alpha value is -3.11. The number of rotatable bonds is 5. The van der Waals surface area contributed by atoms with Gasteiger partial charge in [0, 0.05) is 140 Å². The molecule has 0 amide bonds. The van der Waals surface area contributed by atoms with Crippen molar-refractivity contribution in [3.05, 3.63) is 110 Å². The molecule has 4 aromatic rings. The summed E-state index contributed by atoms with van der Waals surface area (Å²) in [5.74, 6) is -0.0738. The van der Waals surface area contributed by atoms with Crippen LogP contribution >= 0.6 is 47.8 Å². The molecule has 8 aliphatic heterocycles. The highest BCUT2D eigenvalue weighted by atomic mass is 79.9. The molecule has 2 spiro atoms. The first kappa shape index (κ1) is 62.0. The average Bonchev–Trinajstić information content (AvgIpc) is 4.18. The predicted octanol–water partition coefficient (Wildman–Crippen LogP) is 10.7. The maximum Gasteiger partial charge on any atom is 0.494 e. The van der Waals surface area contributed by atoms with Crippen LogP contribution in [0.2, 0.25) is 0 Å². The number of piperidine rings is 5. The Labute approximate surface area is 496 Å². The van der Waals surface area contributed by atoms with Crippen LogP contribution in [-0.4, -0.2) is 149 Å². The molecule has 0 bridgehead atoms. The van der Waals surface area contributed by atoms with Crippen molar-refractivity contribution in [2.45, 2.75) is 140 Å². The minimum Gasteiger partial charge on any atom is -0.399 e. The number of Topliss-reactive ketones (excluding diaryl/α,β-unsaturated/α-hetero) is 1. The summed E-state index contributed by atoms with van der Waals surface area (Å²) in [6.45, 7) is 24.6. The van der Waals surface area contributed by atoms with Crippen molar-refractivity contribution in [3.63, 3.8) is 0 Å². The van der Waals surface area contributed by atoms with E-state index in [1.807, 2.05) is 26.0 Å². The van der Waals surface area contributed by atoms with Gasteiger partial charge in [0.05, 0.1) is 48.8 Å². The van der Waals surface area contributed by atoms with Crippen molar-refractivity contribution in [1.29, 1.82) is 0 Å². The minimum atomic E-state index is -0.515. The van der Waals surface area contributed by atoms with Crippen molar-refractivity contribution in [2.24, 2.45) is 0 Å². The van der Waals surface area contributed by atoms with E-state index >= 15 is 0 Å². The second-order valence-corrected chi connectivity index (χ2v) is 26.3. The van der Waals surface area contributed by atoms with E-state index in [4.69, 9.17) is 28.3 Å². The van der Waals surface area contributed by atoms with Gasteiger partial charge in [-0.3, -0.25) is 4.79 Å². The Bertz CT molecular complexity index is 2470. The largest absolute Gasteiger partial charge is 0.494 e. The normalized spacial score (nSPS) is 23.3. The van der Waals surface area contributed by atoms with Crippen LogP contribution in [0.5, 0.6) is 0 Å². The van der Waals surface area contributed by atoms with Crippen molar-refractivity contribution in [1.82, 2.24) is 5.32 Å². The van der Waals surface area contributed by atoms with Crippen molar-refractivity contribution < 1.29 is 43.3 Å². The van der Waals surface area contributed by atoms with E-state index in [0.29, 0.717) is 18.6 Å². The fraction of sp³-hybridized carbons (Fsp3) is 0.590. The average molecular weight is 1280 g/mol. The molecule has 3 N–H and O–H groups in total. The first-order valence-corrected chi connectivity index (χ1v) is 30.9. The van der Waals surface area contributed by atoms with Gasteiger partial charge >= 0.3 is 7.12 Å². The molecular formula is C61H85BBr3N5O9. The summed E-state index contributed by atoms with van der Waals surface area (Å²) in [7, 11) is -0.309. The van der Waals surface area contributed by atoms with Crippen LogP contribution < -0.4 is 30.4 Å². The molecule has 0 aromatic heterocycles. The van der Waals surface area contributed by atoms with Crippen molar-refractivity contribution in [3.8, 4) is 0 Å². The molecule has 8 saturated heterocycles. The Morgan fingerprint density at radius 3 is 1.06 bits per heavy atom. The van der Waals surface area contributed by atoms with Gasteiger partial charge in [0.25, 0.3) is 0 Å². The summed E-state index contributed by atoms with van der Waals surface area (Å²) in [5.41, 5.74) is 4.38. The summed E-state index contributed by atoms with van der Waals surface area (Å²) >= 11 is 10.3. The zero-order valence-electron chi connectivity index (χ0n) is 47.5. The summed E-state index contributed by atoms with van der Waals surface area (Å²) in [5, 5.41) is 23.2. The number of hydrogen-bond donors (Lipinski definition) is 3. The van der Waals surface area contributed by atoms with E-state index in [0.717, 1.165) is 162 Å². The summed E-state index contributed by atoms with van der Waals surface area (Å²) in [4.78, 5) is 20.4. The third-order valence-electron chi connectivity index (χ3n) is 16.9. The zero-order chi connectivity index (χ0) is 56.3. The molecule has 0 radical (unpaired) electrons. The molecule has 14 nitrogen and oxygen atoms in total. The predicted molar refractivity (Wildman–Crippen MR) is 328 cm³/mol. The van der Waals surface area contributed by atoms with E-state index in [1.54, 1.807) is 0 Å². The molecule has 18 heteroatoms. The lowest BCUT2D eigenvalue weighted by atomic mass is 9.79. The smallest absolute Gasteiger partial charge is 0.399 e. The zero-order valence-corrected chi connectivity index (χ0v) is 52.2. The monoisotopic (exact) mass is 1280 g/mol. The lowest BCUT2D eigenvalue weighted by Crippen LogP contribution is -2.45. The molecule has 0 aliphatic carbocycles. The SMILES string of the molecule is Brc1ccc(N2CCC3(CC2)OCCO3)cc1.C1CC2(CCN1)OCCO2.CC1(O)CCN(c2ccc(B3OC(C)(C)C(C)(C)O3)cc2)CC1.CC1(O)CCN(c2ccc(Br)cc2)CC1.O=C1CCN(c2ccc(Br)cc2)CC1. The fourth-order valence-electron chi connectivity index (χ4n) is 10.8. The number of carbonyl (C=O) groups excluding carboxylic acids is 1. The van der Waals surface area contributed by atoms with E-state index < -0.39 is 11.2 Å². The van der Waals surface area contributed by atoms with Gasteiger partial charge in [-0.25, -0.2) is 0 Å². The van der Waals surface area contributed by atoms with Gasteiger partial charge in [-0.2, -0.15) is 0 Å². The first-order chi connectivity index (χ1) is 37.6. The third-order valence-corrected chi connectivity index (χ3v) is 18.5. The number of anilines is 4. The molecule has 8 fully saturated rings. The number of hydrogen-bond acceptors (Lipinski definition) is 14. The quantitative estimate of drug-likeness (QED) is 0.163. The second-order valence-electron chi connectivity index (χ2n) is 23.6. The van der Waals surface area contributed by atoms with Crippen molar-refractivity contribution in [2.75, 3.05) is 111 Å². The minimum absolute atomic E-state index is 0.189. The molecule has 8 heterocycles. The van der Waals surface area contributed by atoms with E-state index in [2.05, 4.69) is 185 Å². The number of ketones is 1. The number of ether oxygens (including phenoxy) is 4. The van der Waals surface area contributed by atoms with Crippen LogP contribution in [-0.2, 0) is 33.1 Å². The van der Waals surface area contributed by atoms with Gasteiger partial charge in [0.2, 0.25) is 0 Å². The van der Waals surface area contributed by atoms with Gasteiger partial charge in [0.15, 0.2) is 11.6 Å². The number of benzene rings is 4. The second kappa shape index (κ2) is 27.5. The van der Waals surface area contributed by atoms with Crippen LogP contribution in [0.15, 0.2) is 110 Å². The van der Waals surface area contributed by atoms with Gasteiger partial charge in [-0.1, -0.05) is 59.9 Å². The summed E-state index contributed by atoms with van der Waals surface area (Å²) in [6.07, 6.45) is 8.64. The highest BCUT2D eigenvalue weighted by Gasteiger charge is 2.52. The van der Waals surface area contributed by atoms with E-state index in [1.165, 1.54) is 22.7 Å². The number of aliphatic hydroxyl groups is 2. The van der Waals surface area contributed by atoms with Crippen molar-refractivity contribution >= 4 is 88.9 Å². The number of carbonyl (C=O) groups is 1. The van der Waals surface area contributed by atoms with E-state index in [-0.39, 0.29) is 29.9 Å². The van der Waals surface area contributed by atoms with Gasteiger partial charge < -0.3 is 63.4 Å². The van der Waals surface area contributed by atoms with Crippen LogP contribution in [0.3, 0.4) is 0 Å². The Morgan fingerprint density at radius 1 is 0.430 bits per heavy atom. The Balaban J connectivity index is 0.000000133. The van der Waals surface area contributed by atoms with Gasteiger partial charge in [0.1, 0.15) is 5.78 Å². The van der Waals surface area contributed by atoms with Crippen LogP contribution in [0.4, 0.5) is 22.7 Å². The topological polar surface area (TPSA) is 138 Å². The molecule has 0 unspecified atom stereocenters. The summed E-state index contributed by atoms with van der Waals surface area (Å²) < 4.78 is 38.0. The highest BCUT2D eigenvalue weighted by Crippen LogP contribution is 2.38. The molecule has 4 aromatic carbocycles. The molecule has 12 rings (SSSR count). The van der Waals surface area contributed by atoms with E-state index in [9.17, 15) is 15.0 Å². The van der Waals surface area contributed by atoms with Gasteiger partial charge in [-0.05, 0) is 158 Å². The van der Waals surface area contributed by atoms with Crippen LogP contribution in [0.1, 0.15) is 106 Å². The number of halogens is 3. The summed E-state index contributed by atoms with van der Waals surface area (Å²) in [6, 6.07) is 33.5. The Morgan fingerprint density at radius 2 is 0.722 bits per heavy atom. The highest BCUT2D eigenvalue weighted by molar-refractivity contribution is 9.11. The lowest BCUT2D eigenvalue weighted by molar-refractivity contribution is -0.172. The fourth-order valence-corrected chi connectivity index (χ4v) is 11.6. The third kappa shape index (κ3) is 17.7. The maximum atomic E-state index is 11.1. The molecule has 8 aliphatic rings. The lowest BCUT2D eigenvalue weighted by Gasteiger charge is -2.38. The van der Waals surface area contributed by atoms with Crippen LogP contribution in [0.25, 0.3) is 0 Å². The van der Waals surface area contributed by atoms with Gasteiger partial charge in [-0.15, -0.1) is 0 Å². The standard InChI is InChI=1S/C18H28BNO3.C13H16BrNO2.C12H16BrNO.C11H12BrNO.C7H13NO2/c1-16(2)17(3,4)23-19(22-16)14-6-8-15(9-7-14)20-12-10-18(5,21)11-13-20;14-11-1-3-12(4-2-11)15-7-5-13(6-8-15)16-9-10-17-13;1-12(15)6-8-14(9-7-12)11-4-2-10(13)3-5-11;12-9-1-3-10(4-2-9)13-7-5-11(14)6-8-13;1-3-8-4-2-7(1)9-5-6-10-7/h6-9,21H,10-13H2,1-5H3;1-4H,5-10H2;2-5,15H,6-9H2,1H3;1-4H,5-8H2;8H,1-6H2.